The number of hydrogen-bond donors (Lipinski definition) is 1. The number of hydrogen-bond acceptors (Lipinski definition) is 2. The van der Waals surface area contributed by atoms with Crippen LogP contribution in [0.1, 0.15) is 31.2 Å². The number of aryl methyl sites for hydroxylation is 1. The molecule has 0 amide bonds. The van der Waals surface area contributed by atoms with Crippen molar-refractivity contribution >= 4 is 17.3 Å². The van der Waals surface area contributed by atoms with Crippen LogP contribution < -0.4 is 5.32 Å². The minimum absolute atomic E-state index is 0.569. The van der Waals surface area contributed by atoms with E-state index in [1.165, 1.54) is 31.2 Å². The molecule has 1 aliphatic rings. The third kappa shape index (κ3) is 2.18. The zero-order valence-electron chi connectivity index (χ0n) is 8.39. The van der Waals surface area contributed by atoms with Gasteiger partial charge in [-0.25, -0.2) is 4.98 Å². The Labute approximate surface area is 89.7 Å². The Balaban J connectivity index is 2.08. The van der Waals surface area contributed by atoms with Crippen LogP contribution in [0.25, 0.3) is 0 Å². The molecule has 76 valence electrons. The summed E-state index contributed by atoms with van der Waals surface area (Å²) >= 11 is 5.79. The lowest BCUT2D eigenvalue weighted by Gasteiger charge is -2.15. The normalized spacial score (nSPS) is 17.3. The number of pyridine rings is 1. The van der Waals surface area contributed by atoms with Crippen molar-refractivity contribution in [1.29, 1.82) is 0 Å². The molecule has 1 aromatic heterocycles. The number of aromatic nitrogens is 1. The van der Waals surface area contributed by atoms with Crippen molar-refractivity contribution in [3.05, 3.63) is 23.0 Å². The predicted molar refractivity (Wildman–Crippen MR) is 59.9 cm³/mol. The van der Waals surface area contributed by atoms with Crippen molar-refractivity contribution < 1.29 is 0 Å². The molecule has 2 rings (SSSR count). The summed E-state index contributed by atoms with van der Waals surface area (Å²) in [6.45, 7) is 2.06. The van der Waals surface area contributed by atoms with Gasteiger partial charge in [0.25, 0.3) is 0 Å². The predicted octanol–water partition coefficient (Wildman–Crippen LogP) is 3.40. The van der Waals surface area contributed by atoms with Crippen LogP contribution in [0.4, 0.5) is 5.69 Å². The van der Waals surface area contributed by atoms with Gasteiger partial charge in [-0.15, -0.1) is 0 Å². The second-order valence-electron chi connectivity index (χ2n) is 3.95. The summed E-state index contributed by atoms with van der Waals surface area (Å²) in [7, 11) is 0. The maximum Gasteiger partial charge on any atom is 0.129 e. The molecule has 1 N–H and O–H groups in total. The highest BCUT2D eigenvalue weighted by Crippen LogP contribution is 2.24. The van der Waals surface area contributed by atoms with Crippen molar-refractivity contribution in [1.82, 2.24) is 4.98 Å². The molecular formula is C11H15ClN2. The van der Waals surface area contributed by atoms with E-state index in [-0.39, 0.29) is 0 Å². The van der Waals surface area contributed by atoms with E-state index in [1.807, 2.05) is 12.3 Å². The van der Waals surface area contributed by atoms with Gasteiger partial charge in [0.2, 0.25) is 0 Å². The van der Waals surface area contributed by atoms with Crippen molar-refractivity contribution in [3.63, 3.8) is 0 Å². The highest BCUT2D eigenvalue weighted by molar-refractivity contribution is 6.29. The zero-order chi connectivity index (χ0) is 9.97. The molecule has 0 aliphatic heterocycles. The molecule has 1 aromatic rings. The number of nitrogens with one attached hydrogen (secondary N) is 1. The van der Waals surface area contributed by atoms with Crippen LogP contribution >= 0.6 is 11.6 Å². The van der Waals surface area contributed by atoms with Gasteiger partial charge in [-0.2, -0.15) is 0 Å². The average Bonchev–Trinajstić information content (AvgIpc) is 2.62. The van der Waals surface area contributed by atoms with Crippen LogP contribution in [0, 0.1) is 6.92 Å². The molecule has 3 heteroatoms. The van der Waals surface area contributed by atoms with Crippen molar-refractivity contribution in [2.24, 2.45) is 0 Å². The second-order valence-corrected chi connectivity index (χ2v) is 4.33. The summed E-state index contributed by atoms with van der Waals surface area (Å²) in [5, 5.41) is 4.08. The van der Waals surface area contributed by atoms with E-state index in [9.17, 15) is 0 Å². The number of nitrogens with zero attached hydrogens (tertiary/aromatic N) is 1. The van der Waals surface area contributed by atoms with E-state index >= 15 is 0 Å². The Kier molecular flexibility index (Phi) is 2.92. The molecule has 1 fully saturated rings. The topological polar surface area (TPSA) is 24.9 Å². The third-order valence-electron chi connectivity index (χ3n) is 2.79. The maximum atomic E-state index is 5.79. The van der Waals surface area contributed by atoms with Crippen LogP contribution in [0.3, 0.4) is 0 Å². The Morgan fingerprint density at radius 1 is 1.43 bits per heavy atom. The Morgan fingerprint density at radius 2 is 2.14 bits per heavy atom. The molecular weight excluding hydrogens is 196 g/mol. The quantitative estimate of drug-likeness (QED) is 0.757. The van der Waals surface area contributed by atoms with Gasteiger partial charge in [-0.05, 0) is 31.4 Å². The first-order chi connectivity index (χ1) is 6.75. The Morgan fingerprint density at radius 3 is 2.79 bits per heavy atom. The fourth-order valence-electron chi connectivity index (χ4n) is 1.96. The fraction of sp³-hybridized carbons (Fsp3) is 0.545. The first kappa shape index (κ1) is 9.78. The van der Waals surface area contributed by atoms with Crippen LogP contribution in [-0.4, -0.2) is 11.0 Å². The van der Waals surface area contributed by atoms with Gasteiger partial charge in [-0.3, -0.25) is 0 Å². The molecule has 14 heavy (non-hydrogen) atoms. The van der Waals surface area contributed by atoms with E-state index in [2.05, 4.69) is 17.2 Å². The summed E-state index contributed by atoms with van der Waals surface area (Å²) in [6, 6.07) is 2.54. The minimum Gasteiger partial charge on any atom is -0.381 e. The summed E-state index contributed by atoms with van der Waals surface area (Å²) in [5.74, 6) is 0. The molecule has 0 aromatic carbocycles. The minimum atomic E-state index is 0.569. The van der Waals surface area contributed by atoms with Gasteiger partial charge in [0.15, 0.2) is 0 Å². The maximum absolute atomic E-state index is 5.79. The highest BCUT2D eigenvalue weighted by atomic mass is 35.5. The highest BCUT2D eigenvalue weighted by Gasteiger charge is 2.15. The summed E-state index contributed by atoms with van der Waals surface area (Å²) in [6.07, 6.45) is 7.08. The standard InChI is InChI=1S/C11H15ClN2/c1-8-6-11(12)13-7-10(8)14-9-4-2-3-5-9/h6-7,9,14H,2-5H2,1H3. The van der Waals surface area contributed by atoms with Gasteiger partial charge in [-0.1, -0.05) is 24.4 Å². The third-order valence-corrected chi connectivity index (χ3v) is 3.00. The molecule has 2 nitrogen and oxygen atoms in total. The van der Waals surface area contributed by atoms with E-state index < -0.39 is 0 Å². The lowest BCUT2D eigenvalue weighted by atomic mass is 10.2. The molecule has 0 radical (unpaired) electrons. The van der Waals surface area contributed by atoms with E-state index in [1.54, 1.807) is 0 Å². The van der Waals surface area contributed by atoms with Gasteiger partial charge in [0.05, 0.1) is 11.9 Å². The van der Waals surface area contributed by atoms with Crippen LogP contribution in [0.5, 0.6) is 0 Å². The van der Waals surface area contributed by atoms with E-state index in [4.69, 9.17) is 11.6 Å². The molecule has 0 atom stereocenters. The van der Waals surface area contributed by atoms with Crippen molar-refractivity contribution in [3.8, 4) is 0 Å². The number of halogens is 1. The molecule has 0 unspecified atom stereocenters. The van der Waals surface area contributed by atoms with Gasteiger partial charge >= 0.3 is 0 Å². The second kappa shape index (κ2) is 4.18. The van der Waals surface area contributed by atoms with E-state index in [0.29, 0.717) is 11.2 Å². The number of rotatable bonds is 2. The van der Waals surface area contributed by atoms with Gasteiger partial charge in [0, 0.05) is 6.04 Å². The van der Waals surface area contributed by atoms with Crippen LogP contribution in [-0.2, 0) is 0 Å². The monoisotopic (exact) mass is 210 g/mol. The molecule has 1 aliphatic carbocycles. The SMILES string of the molecule is Cc1cc(Cl)ncc1NC1CCCC1. The van der Waals surface area contributed by atoms with E-state index in [0.717, 1.165) is 5.69 Å². The van der Waals surface area contributed by atoms with Crippen molar-refractivity contribution in [2.45, 2.75) is 38.6 Å². The molecule has 0 spiro atoms. The first-order valence-electron chi connectivity index (χ1n) is 5.14. The lowest BCUT2D eigenvalue weighted by Crippen LogP contribution is -2.15. The zero-order valence-corrected chi connectivity index (χ0v) is 9.14. The molecule has 1 heterocycles. The first-order valence-corrected chi connectivity index (χ1v) is 5.52. The van der Waals surface area contributed by atoms with Crippen LogP contribution in [0.15, 0.2) is 12.3 Å². The summed E-state index contributed by atoms with van der Waals surface area (Å²) in [5.41, 5.74) is 2.30. The molecule has 1 saturated carbocycles. The lowest BCUT2D eigenvalue weighted by molar-refractivity contribution is 0.753. The molecule has 0 bridgehead atoms. The van der Waals surface area contributed by atoms with Gasteiger partial charge in [0.1, 0.15) is 5.15 Å². The Hall–Kier alpha value is -0.760. The van der Waals surface area contributed by atoms with Crippen molar-refractivity contribution in [2.75, 3.05) is 5.32 Å². The van der Waals surface area contributed by atoms with Gasteiger partial charge < -0.3 is 5.32 Å². The number of anilines is 1. The smallest absolute Gasteiger partial charge is 0.129 e. The largest absolute Gasteiger partial charge is 0.381 e. The van der Waals surface area contributed by atoms with Crippen LogP contribution in [0.2, 0.25) is 5.15 Å². The summed E-state index contributed by atoms with van der Waals surface area (Å²) in [4.78, 5) is 4.08. The Bertz CT molecular complexity index is 319. The summed E-state index contributed by atoms with van der Waals surface area (Å²) < 4.78 is 0. The fourth-order valence-corrected chi connectivity index (χ4v) is 2.18. The molecule has 0 saturated heterocycles. The average molecular weight is 211 g/mol.